The molecule has 2 aliphatic heterocycles. The van der Waals surface area contributed by atoms with Crippen molar-refractivity contribution in [1.29, 1.82) is 0 Å². The van der Waals surface area contributed by atoms with Crippen LogP contribution in [0.4, 0.5) is 0 Å². The molecule has 0 aliphatic carbocycles. The average molecular weight is 625 g/mol. The second-order valence-electron chi connectivity index (χ2n) is 11.6. The van der Waals surface area contributed by atoms with Crippen LogP contribution in [0.2, 0.25) is 0 Å². The lowest BCUT2D eigenvalue weighted by atomic mass is 9.97. The Bertz CT molecular complexity index is 2240. The largest absolute Gasteiger partial charge is 0.436 e. The molecule has 45 heavy (non-hydrogen) atoms. The van der Waals surface area contributed by atoms with E-state index in [1.807, 2.05) is 140 Å². The molecule has 0 saturated heterocycles. The van der Waals surface area contributed by atoms with Gasteiger partial charge in [-0.05, 0) is 95.8 Å². The molecule has 0 amide bonds. The summed E-state index contributed by atoms with van der Waals surface area (Å²) in [4.78, 5) is 0. The Morgan fingerprint density at radius 1 is 0.511 bits per heavy atom. The molecule has 0 spiro atoms. The molecule has 0 radical (unpaired) electrons. The maximum absolute atomic E-state index is 15.0. The van der Waals surface area contributed by atoms with Gasteiger partial charge in [0.05, 0.1) is 21.2 Å². The highest BCUT2D eigenvalue weighted by atomic mass is 31.2. The highest BCUT2D eigenvalue weighted by Crippen LogP contribution is 2.56. The monoisotopic (exact) mass is 624 g/mol. The molecule has 0 bridgehead atoms. The van der Waals surface area contributed by atoms with Crippen LogP contribution >= 0.6 is 14.7 Å². The Balaban J connectivity index is 1.28. The van der Waals surface area contributed by atoms with Crippen LogP contribution in [-0.2, 0) is 15.6 Å². The third-order valence-corrected chi connectivity index (χ3v) is 13.7. The van der Waals surface area contributed by atoms with E-state index in [4.69, 9.17) is 9.05 Å². The minimum absolute atomic E-state index is 0.564. The lowest BCUT2D eigenvalue weighted by Gasteiger charge is -2.30. The molecule has 0 aromatic heterocycles. The third kappa shape index (κ3) is 4.44. The highest BCUT2D eigenvalue weighted by molar-refractivity contribution is 7.75. The maximum atomic E-state index is 15.0. The van der Waals surface area contributed by atoms with Crippen molar-refractivity contribution in [2.24, 2.45) is 0 Å². The van der Waals surface area contributed by atoms with E-state index >= 15 is 0 Å². The zero-order chi connectivity index (χ0) is 30.8. The summed E-state index contributed by atoms with van der Waals surface area (Å²) in [5, 5.41) is 2.70. The summed E-state index contributed by atoms with van der Waals surface area (Å²) in [6.45, 7) is 4.10. The van der Waals surface area contributed by atoms with Gasteiger partial charge >= 0.3 is 14.7 Å². The van der Waals surface area contributed by atoms with Crippen LogP contribution in [0.15, 0.2) is 133 Å². The first-order chi connectivity index (χ1) is 21.9. The third-order valence-electron chi connectivity index (χ3n) is 8.80. The van der Waals surface area contributed by atoms with E-state index in [1.165, 1.54) is 5.56 Å². The molecule has 0 saturated carbocycles. The molecule has 4 nitrogen and oxygen atoms in total. The van der Waals surface area contributed by atoms with Gasteiger partial charge in [-0.1, -0.05) is 91.3 Å². The minimum atomic E-state index is -3.47. The molecule has 2 heterocycles. The SMILES string of the molecule is CCc1ccc(P2(=O)Oc3ccccc3-c3ccc(-c4ccc5c(c4)OP(=O)(c4cccc(C)c4)c4ccccc4-5)cc32)cc1. The molecular formula is C39H30O4P2. The standard InChI is InChI=1S/C39H30O4P2/c1-3-27-15-19-30(20-16-27)44(40)39-25-29(18-22-35(39)32-11-4-6-13-36(32)42-44)28-17-21-33-34-12-5-7-14-38(34)45(41,43-37(33)24-28)31-10-8-9-26(2)23-31/h4-25H,3H2,1-2H3. The molecule has 2 atom stereocenters. The van der Waals surface area contributed by atoms with Crippen molar-refractivity contribution in [3.63, 3.8) is 0 Å². The molecule has 2 unspecified atom stereocenters. The van der Waals surface area contributed by atoms with Crippen molar-refractivity contribution < 1.29 is 18.2 Å². The summed E-state index contributed by atoms with van der Waals surface area (Å²) in [7, 11) is -6.89. The molecule has 220 valence electrons. The van der Waals surface area contributed by atoms with Crippen LogP contribution in [-0.4, -0.2) is 0 Å². The Morgan fingerprint density at radius 2 is 1.13 bits per heavy atom. The van der Waals surface area contributed by atoms with Crippen LogP contribution in [0.1, 0.15) is 18.1 Å². The van der Waals surface area contributed by atoms with Gasteiger partial charge in [-0.2, -0.15) is 0 Å². The van der Waals surface area contributed by atoms with E-state index in [0.717, 1.165) is 45.4 Å². The Morgan fingerprint density at radius 3 is 1.91 bits per heavy atom. The van der Waals surface area contributed by atoms with Gasteiger partial charge in [0.25, 0.3) is 0 Å². The first-order valence-electron chi connectivity index (χ1n) is 15.1. The molecule has 6 aromatic carbocycles. The predicted molar refractivity (Wildman–Crippen MR) is 185 cm³/mol. The zero-order valence-electron chi connectivity index (χ0n) is 24.9. The Labute approximate surface area is 263 Å². The summed E-state index contributed by atoms with van der Waals surface area (Å²) < 4.78 is 42.6. The lowest BCUT2D eigenvalue weighted by molar-refractivity contribution is 0.500. The molecular weight excluding hydrogens is 594 g/mol. The normalized spacial score (nSPS) is 19.2. The fourth-order valence-corrected chi connectivity index (χ4v) is 11.0. The number of hydrogen-bond acceptors (Lipinski definition) is 4. The Hall–Kier alpha value is -4.62. The second-order valence-corrected chi connectivity index (χ2v) is 16.2. The van der Waals surface area contributed by atoms with Gasteiger partial charge in [0.1, 0.15) is 11.5 Å². The first-order valence-corrected chi connectivity index (χ1v) is 18.4. The van der Waals surface area contributed by atoms with Gasteiger partial charge in [0, 0.05) is 11.1 Å². The number of para-hydroxylation sites is 1. The quantitative estimate of drug-likeness (QED) is 0.184. The smallest absolute Gasteiger partial charge is 0.307 e. The van der Waals surface area contributed by atoms with Gasteiger partial charge < -0.3 is 9.05 Å². The predicted octanol–water partition coefficient (Wildman–Crippen LogP) is 8.80. The van der Waals surface area contributed by atoms with E-state index in [2.05, 4.69) is 6.92 Å². The van der Waals surface area contributed by atoms with Crippen LogP contribution in [0.25, 0.3) is 33.4 Å². The first kappa shape index (κ1) is 27.9. The minimum Gasteiger partial charge on any atom is -0.436 e. The summed E-state index contributed by atoms with van der Waals surface area (Å²) in [5.74, 6) is 1.18. The summed E-state index contributed by atoms with van der Waals surface area (Å²) in [5.41, 5.74) is 7.56. The number of hydrogen-bond donors (Lipinski definition) is 0. The van der Waals surface area contributed by atoms with Crippen molar-refractivity contribution in [2.45, 2.75) is 20.3 Å². The van der Waals surface area contributed by atoms with Gasteiger partial charge in [-0.25, -0.2) is 0 Å². The number of aryl methyl sites for hydroxylation is 2. The van der Waals surface area contributed by atoms with Crippen molar-refractivity contribution in [2.75, 3.05) is 0 Å². The Kier molecular flexibility index (Phi) is 6.50. The topological polar surface area (TPSA) is 52.6 Å². The lowest BCUT2D eigenvalue weighted by Crippen LogP contribution is -2.25. The fourth-order valence-electron chi connectivity index (χ4n) is 6.41. The fraction of sp³-hybridized carbons (Fsp3) is 0.0769. The number of benzene rings is 6. The van der Waals surface area contributed by atoms with Crippen molar-refractivity contribution in [1.82, 2.24) is 0 Å². The summed E-state index contributed by atoms with van der Waals surface area (Å²) in [6, 6.07) is 43.3. The van der Waals surface area contributed by atoms with E-state index in [9.17, 15) is 9.13 Å². The average Bonchev–Trinajstić information content (AvgIpc) is 3.08. The molecule has 2 aliphatic rings. The van der Waals surface area contributed by atoms with Crippen molar-refractivity contribution in [3.8, 4) is 44.9 Å². The maximum Gasteiger partial charge on any atom is 0.307 e. The van der Waals surface area contributed by atoms with Crippen LogP contribution in [0.5, 0.6) is 11.5 Å². The zero-order valence-corrected chi connectivity index (χ0v) is 26.7. The summed E-state index contributed by atoms with van der Waals surface area (Å²) in [6.07, 6.45) is 0.899. The molecule has 6 heteroatoms. The summed E-state index contributed by atoms with van der Waals surface area (Å²) >= 11 is 0. The van der Waals surface area contributed by atoms with E-state index in [-0.39, 0.29) is 0 Å². The second kappa shape index (κ2) is 10.5. The van der Waals surface area contributed by atoms with Gasteiger partial charge in [0.2, 0.25) is 0 Å². The highest BCUT2D eigenvalue weighted by Gasteiger charge is 2.40. The molecule has 8 rings (SSSR count). The van der Waals surface area contributed by atoms with E-state index in [0.29, 0.717) is 32.7 Å². The van der Waals surface area contributed by atoms with Crippen LogP contribution in [0.3, 0.4) is 0 Å². The van der Waals surface area contributed by atoms with Crippen molar-refractivity contribution in [3.05, 3.63) is 145 Å². The van der Waals surface area contributed by atoms with Gasteiger partial charge in [-0.3, -0.25) is 9.13 Å². The van der Waals surface area contributed by atoms with E-state index in [1.54, 1.807) is 0 Å². The number of fused-ring (bicyclic) bond motifs is 6. The van der Waals surface area contributed by atoms with Gasteiger partial charge in [0.15, 0.2) is 0 Å². The molecule has 0 fully saturated rings. The van der Waals surface area contributed by atoms with E-state index < -0.39 is 14.7 Å². The van der Waals surface area contributed by atoms with Crippen molar-refractivity contribution >= 4 is 36.0 Å². The molecule has 0 N–H and O–H groups in total. The van der Waals surface area contributed by atoms with Crippen LogP contribution in [0, 0.1) is 6.92 Å². The molecule has 6 aromatic rings. The van der Waals surface area contributed by atoms with Crippen LogP contribution < -0.4 is 30.3 Å². The number of rotatable bonds is 4. The van der Waals surface area contributed by atoms with Gasteiger partial charge in [-0.15, -0.1) is 0 Å².